The maximum Gasteiger partial charge on any atom is 0.135 e. The van der Waals surface area contributed by atoms with Crippen LogP contribution in [0.5, 0.6) is 0 Å². The molecule has 0 saturated heterocycles. The van der Waals surface area contributed by atoms with Crippen molar-refractivity contribution in [2.75, 3.05) is 4.90 Å². The number of nitrogens with zero attached hydrogens (tertiary/aromatic N) is 1. The molecule has 0 N–H and O–H groups in total. The highest BCUT2D eigenvalue weighted by atomic mass is 16.3. The van der Waals surface area contributed by atoms with Crippen LogP contribution in [0, 0.1) is 0 Å². The van der Waals surface area contributed by atoms with E-state index in [4.69, 9.17) is 4.42 Å². The fourth-order valence-corrected chi connectivity index (χ4v) is 7.50. The van der Waals surface area contributed by atoms with Crippen LogP contribution >= 0.6 is 0 Å². The number of fused-ring (bicyclic) bond motifs is 5. The van der Waals surface area contributed by atoms with E-state index in [1.165, 1.54) is 54.6 Å². The maximum absolute atomic E-state index is 6.38. The van der Waals surface area contributed by atoms with Crippen LogP contribution in [0.15, 0.2) is 205 Å². The minimum Gasteiger partial charge on any atom is -0.456 e. The first-order chi connectivity index (χ1) is 25.7. The van der Waals surface area contributed by atoms with E-state index in [1.807, 2.05) is 0 Å². The van der Waals surface area contributed by atoms with Crippen LogP contribution in [0.25, 0.3) is 76.9 Å². The molecule has 244 valence electrons. The zero-order chi connectivity index (χ0) is 34.4. The molecule has 0 saturated carbocycles. The first kappa shape index (κ1) is 30.0. The Hall–Kier alpha value is -6.90. The van der Waals surface area contributed by atoms with Crippen molar-refractivity contribution in [2.45, 2.75) is 0 Å². The lowest BCUT2D eigenvalue weighted by Crippen LogP contribution is -2.09. The molecule has 0 radical (unpaired) electrons. The van der Waals surface area contributed by atoms with E-state index in [9.17, 15) is 0 Å². The Morgan fingerprint density at radius 1 is 0.288 bits per heavy atom. The van der Waals surface area contributed by atoms with Gasteiger partial charge in [-0.25, -0.2) is 0 Å². The van der Waals surface area contributed by atoms with E-state index >= 15 is 0 Å². The van der Waals surface area contributed by atoms with Crippen molar-refractivity contribution in [1.82, 2.24) is 0 Å². The Balaban J connectivity index is 1.02. The third kappa shape index (κ3) is 5.39. The summed E-state index contributed by atoms with van der Waals surface area (Å²) in [7, 11) is 0. The van der Waals surface area contributed by atoms with Gasteiger partial charge in [0.1, 0.15) is 11.3 Å². The lowest BCUT2D eigenvalue weighted by Gasteiger charge is -2.26. The SMILES string of the molecule is c1ccc2cc(-c3ccc(N(c4ccc(-c5ccc6ccccc6c5)cc4)c4ccc(-c5cc6c(ccc7ccccc76)o5)cc4)cc3)ccc2c1. The van der Waals surface area contributed by atoms with Gasteiger partial charge < -0.3 is 9.32 Å². The summed E-state index contributed by atoms with van der Waals surface area (Å²) in [5, 5.41) is 8.55. The average Bonchev–Trinajstić information content (AvgIpc) is 3.67. The van der Waals surface area contributed by atoms with Crippen molar-refractivity contribution in [1.29, 1.82) is 0 Å². The van der Waals surface area contributed by atoms with Gasteiger partial charge in [0.05, 0.1) is 0 Å². The second-order valence-corrected chi connectivity index (χ2v) is 13.4. The molecule has 0 atom stereocenters. The molecule has 2 heteroatoms. The molecule has 0 aliphatic carbocycles. The summed E-state index contributed by atoms with van der Waals surface area (Å²) >= 11 is 0. The Kier molecular flexibility index (Phi) is 7.18. The summed E-state index contributed by atoms with van der Waals surface area (Å²) in [5.41, 5.74) is 9.99. The maximum atomic E-state index is 6.38. The van der Waals surface area contributed by atoms with Crippen molar-refractivity contribution < 1.29 is 4.42 Å². The summed E-state index contributed by atoms with van der Waals surface area (Å²) in [6.07, 6.45) is 0. The molecule has 0 unspecified atom stereocenters. The molecule has 0 amide bonds. The molecular formula is C50H33NO. The zero-order valence-corrected chi connectivity index (χ0v) is 28.4. The van der Waals surface area contributed by atoms with Gasteiger partial charge in [-0.3, -0.25) is 0 Å². The quantitative estimate of drug-likeness (QED) is 0.176. The Morgan fingerprint density at radius 3 is 1.25 bits per heavy atom. The minimum atomic E-state index is 0.865. The number of rotatable bonds is 6. The van der Waals surface area contributed by atoms with Crippen LogP contribution in [0.1, 0.15) is 0 Å². The fourth-order valence-electron chi connectivity index (χ4n) is 7.50. The standard InChI is InChI=1S/C50H33NO/c1-3-10-40-31-42(15-13-34(40)7-1)36-17-24-44(25-18-36)51(45-26-19-37(20-27-45)43-16-14-35-8-2-4-11-41(35)32-43)46-28-21-39(22-29-46)50-33-48-47-12-6-5-9-38(47)23-30-49(48)52-50/h1-33H. The second-order valence-electron chi connectivity index (χ2n) is 13.4. The topological polar surface area (TPSA) is 16.4 Å². The third-order valence-corrected chi connectivity index (χ3v) is 10.3. The van der Waals surface area contributed by atoms with Crippen LogP contribution in [-0.2, 0) is 0 Å². The normalized spacial score (nSPS) is 11.5. The average molecular weight is 664 g/mol. The van der Waals surface area contributed by atoms with Crippen molar-refractivity contribution >= 4 is 60.3 Å². The largest absolute Gasteiger partial charge is 0.456 e. The van der Waals surface area contributed by atoms with E-state index in [-0.39, 0.29) is 0 Å². The smallest absolute Gasteiger partial charge is 0.135 e. The van der Waals surface area contributed by atoms with Crippen LogP contribution in [-0.4, -0.2) is 0 Å². The number of anilines is 3. The highest BCUT2D eigenvalue weighted by molar-refractivity contribution is 6.07. The van der Waals surface area contributed by atoms with Gasteiger partial charge in [-0.2, -0.15) is 0 Å². The monoisotopic (exact) mass is 663 g/mol. The molecule has 9 aromatic carbocycles. The van der Waals surface area contributed by atoms with Crippen molar-refractivity contribution in [3.8, 4) is 33.6 Å². The molecule has 1 heterocycles. The van der Waals surface area contributed by atoms with Crippen molar-refractivity contribution in [3.05, 3.63) is 200 Å². The lowest BCUT2D eigenvalue weighted by atomic mass is 10.00. The minimum absolute atomic E-state index is 0.865. The first-order valence-electron chi connectivity index (χ1n) is 17.7. The molecule has 10 aromatic rings. The number of furan rings is 1. The number of benzene rings is 9. The fraction of sp³-hybridized carbons (Fsp3) is 0. The Labute approximate surface area is 302 Å². The van der Waals surface area contributed by atoms with E-state index in [0.717, 1.165) is 39.4 Å². The van der Waals surface area contributed by atoms with Gasteiger partial charge in [0, 0.05) is 28.0 Å². The molecule has 0 aliphatic rings. The molecule has 2 nitrogen and oxygen atoms in total. The Bertz CT molecular complexity index is 2760. The van der Waals surface area contributed by atoms with Crippen molar-refractivity contribution in [2.24, 2.45) is 0 Å². The van der Waals surface area contributed by atoms with Crippen LogP contribution in [0.3, 0.4) is 0 Å². The molecule has 0 bridgehead atoms. The lowest BCUT2D eigenvalue weighted by molar-refractivity contribution is 0.632. The summed E-state index contributed by atoms with van der Waals surface area (Å²) in [6, 6.07) is 71.7. The molecule has 0 spiro atoms. The summed E-state index contributed by atoms with van der Waals surface area (Å²) in [4.78, 5) is 2.32. The van der Waals surface area contributed by atoms with E-state index < -0.39 is 0 Å². The summed E-state index contributed by atoms with van der Waals surface area (Å²) < 4.78 is 6.38. The molecule has 52 heavy (non-hydrogen) atoms. The van der Waals surface area contributed by atoms with Gasteiger partial charge >= 0.3 is 0 Å². The molecule has 0 aliphatic heterocycles. The van der Waals surface area contributed by atoms with Gasteiger partial charge in [-0.1, -0.05) is 127 Å². The van der Waals surface area contributed by atoms with Crippen LogP contribution in [0.2, 0.25) is 0 Å². The third-order valence-electron chi connectivity index (χ3n) is 10.3. The highest BCUT2D eigenvalue weighted by Gasteiger charge is 2.15. The molecule has 10 rings (SSSR count). The van der Waals surface area contributed by atoms with E-state index in [1.54, 1.807) is 0 Å². The van der Waals surface area contributed by atoms with Gasteiger partial charge in [-0.15, -0.1) is 0 Å². The second kappa shape index (κ2) is 12.5. The van der Waals surface area contributed by atoms with Crippen molar-refractivity contribution in [3.63, 3.8) is 0 Å². The first-order valence-corrected chi connectivity index (χ1v) is 17.7. The number of hydrogen-bond acceptors (Lipinski definition) is 2. The summed E-state index contributed by atoms with van der Waals surface area (Å²) in [5.74, 6) is 0.865. The Morgan fingerprint density at radius 2 is 0.712 bits per heavy atom. The predicted octanol–water partition coefficient (Wildman–Crippen LogP) is 14.4. The van der Waals surface area contributed by atoms with Crippen LogP contribution in [0.4, 0.5) is 17.1 Å². The van der Waals surface area contributed by atoms with E-state index in [0.29, 0.717) is 0 Å². The van der Waals surface area contributed by atoms with Gasteiger partial charge in [0.15, 0.2) is 0 Å². The molecule has 1 aromatic heterocycles. The van der Waals surface area contributed by atoms with Gasteiger partial charge in [0.2, 0.25) is 0 Å². The molecule has 0 fully saturated rings. The molecular weight excluding hydrogens is 631 g/mol. The zero-order valence-electron chi connectivity index (χ0n) is 28.4. The number of hydrogen-bond donors (Lipinski definition) is 0. The summed E-state index contributed by atoms with van der Waals surface area (Å²) in [6.45, 7) is 0. The highest BCUT2D eigenvalue weighted by Crippen LogP contribution is 2.39. The van der Waals surface area contributed by atoms with Crippen LogP contribution < -0.4 is 4.90 Å². The van der Waals surface area contributed by atoms with Gasteiger partial charge in [0.25, 0.3) is 0 Å². The van der Waals surface area contributed by atoms with Gasteiger partial charge in [-0.05, 0) is 127 Å². The predicted molar refractivity (Wildman–Crippen MR) is 220 cm³/mol. The van der Waals surface area contributed by atoms with E-state index in [2.05, 4.69) is 205 Å².